The topological polar surface area (TPSA) is 78.1 Å². The molecule has 2 heterocycles. The van der Waals surface area contributed by atoms with Gasteiger partial charge < -0.3 is 10.5 Å². The molecule has 0 saturated carbocycles. The molecule has 92 valence electrons. The lowest BCUT2D eigenvalue weighted by molar-refractivity contribution is 0.0997. The lowest BCUT2D eigenvalue weighted by atomic mass is 10.0. The van der Waals surface area contributed by atoms with Gasteiger partial charge in [0.2, 0.25) is 5.88 Å². The molecule has 0 aliphatic carbocycles. The summed E-state index contributed by atoms with van der Waals surface area (Å²) in [7, 11) is 1.46. The Hall–Kier alpha value is -2.43. The van der Waals surface area contributed by atoms with Crippen LogP contribution in [-0.4, -0.2) is 23.0 Å². The first kappa shape index (κ1) is 12.0. The van der Waals surface area contributed by atoms with E-state index in [1.807, 2.05) is 6.92 Å². The van der Waals surface area contributed by atoms with Gasteiger partial charge in [0.15, 0.2) is 0 Å². The van der Waals surface area contributed by atoms with Crippen molar-refractivity contribution in [3.63, 3.8) is 0 Å². The van der Waals surface area contributed by atoms with E-state index in [1.54, 1.807) is 30.6 Å². The number of pyridine rings is 2. The first-order valence-corrected chi connectivity index (χ1v) is 5.39. The van der Waals surface area contributed by atoms with Crippen LogP contribution in [-0.2, 0) is 0 Å². The zero-order chi connectivity index (χ0) is 13.1. The molecular formula is C13H13N3O2. The van der Waals surface area contributed by atoms with Crippen LogP contribution in [0.4, 0.5) is 0 Å². The number of hydrogen-bond acceptors (Lipinski definition) is 4. The number of amides is 1. The van der Waals surface area contributed by atoms with Crippen molar-refractivity contribution in [2.24, 2.45) is 5.73 Å². The summed E-state index contributed by atoms with van der Waals surface area (Å²) in [5.74, 6) is -0.319. The third-order valence-electron chi connectivity index (χ3n) is 2.55. The van der Waals surface area contributed by atoms with Crippen molar-refractivity contribution in [2.75, 3.05) is 7.11 Å². The minimum Gasteiger partial charge on any atom is -0.480 e. The summed E-state index contributed by atoms with van der Waals surface area (Å²) in [4.78, 5) is 19.7. The average molecular weight is 243 g/mol. The van der Waals surface area contributed by atoms with Crippen LogP contribution in [0.5, 0.6) is 5.88 Å². The van der Waals surface area contributed by atoms with Crippen LogP contribution in [0.3, 0.4) is 0 Å². The Morgan fingerprint density at radius 1 is 1.33 bits per heavy atom. The smallest absolute Gasteiger partial charge is 0.254 e. The second kappa shape index (κ2) is 4.83. The average Bonchev–Trinajstić information content (AvgIpc) is 2.38. The molecule has 0 aliphatic heterocycles. The summed E-state index contributed by atoms with van der Waals surface area (Å²) >= 11 is 0. The standard InChI is InChI=1S/C13H13N3O2/c1-8-7-10(9-3-5-15-6-4-9)11(12(14)17)13(16-8)18-2/h3-7H,1-2H3,(H2,14,17). The largest absolute Gasteiger partial charge is 0.480 e. The Morgan fingerprint density at radius 2 is 2.00 bits per heavy atom. The number of ether oxygens (including phenoxy) is 1. The van der Waals surface area contributed by atoms with Gasteiger partial charge in [-0.15, -0.1) is 0 Å². The molecule has 5 nitrogen and oxygen atoms in total. The van der Waals surface area contributed by atoms with E-state index in [-0.39, 0.29) is 11.4 Å². The zero-order valence-corrected chi connectivity index (χ0v) is 10.2. The van der Waals surface area contributed by atoms with Crippen LogP contribution in [0.25, 0.3) is 11.1 Å². The lowest BCUT2D eigenvalue weighted by Gasteiger charge is -2.11. The van der Waals surface area contributed by atoms with E-state index in [4.69, 9.17) is 10.5 Å². The fourth-order valence-corrected chi connectivity index (χ4v) is 1.79. The number of nitrogens with zero attached hydrogens (tertiary/aromatic N) is 2. The highest BCUT2D eigenvalue weighted by atomic mass is 16.5. The van der Waals surface area contributed by atoms with E-state index in [2.05, 4.69) is 9.97 Å². The zero-order valence-electron chi connectivity index (χ0n) is 10.2. The van der Waals surface area contributed by atoms with E-state index in [0.29, 0.717) is 5.56 Å². The summed E-state index contributed by atoms with van der Waals surface area (Å²) in [5, 5.41) is 0. The molecule has 0 aromatic carbocycles. The molecule has 18 heavy (non-hydrogen) atoms. The Labute approximate surface area is 105 Å². The SMILES string of the molecule is COc1nc(C)cc(-c2ccncc2)c1C(N)=O. The van der Waals surface area contributed by atoms with Crippen LogP contribution in [0.15, 0.2) is 30.6 Å². The quantitative estimate of drug-likeness (QED) is 0.887. The van der Waals surface area contributed by atoms with E-state index in [9.17, 15) is 4.79 Å². The second-order valence-corrected chi connectivity index (χ2v) is 3.80. The highest BCUT2D eigenvalue weighted by molar-refractivity contribution is 6.02. The minimum atomic E-state index is -0.564. The number of carbonyl (C=O) groups excluding carboxylic acids is 1. The van der Waals surface area contributed by atoms with Gasteiger partial charge in [-0.05, 0) is 30.7 Å². The van der Waals surface area contributed by atoms with Crippen molar-refractivity contribution in [3.05, 3.63) is 41.9 Å². The highest BCUT2D eigenvalue weighted by Crippen LogP contribution is 2.29. The third kappa shape index (κ3) is 2.15. The number of hydrogen-bond donors (Lipinski definition) is 1. The van der Waals surface area contributed by atoms with E-state index in [0.717, 1.165) is 11.3 Å². The second-order valence-electron chi connectivity index (χ2n) is 3.80. The number of primary amides is 1. The molecule has 2 aromatic rings. The van der Waals surface area contributed by atoms with Gasteiger partial charge in [0.1, 0.15) is 5.56 Å². The first-order chi connectivity index (χ1) is 8.63. The van der Waals surface area contributed by atoms with E-state index < -0.39 is 5.91 Å². The Kier molecular flexibility index (Phi) is 3.23. The number of carbonyl (C=O) groups is 1. The summed E-state index contributed by atoms with van der Waals surface area (Å²) in [5.41, 5.74) is 8.00. The van der Waals surface area contributed by atoms with Crippen LogP contribution >= 0.6 is 0 Å². The minimum absolute atomic E-state index is 0.245. The maximum atomic E-state index is 11.6. The Bertz CT molecular complexity index is 582. The summed E-state index contributed by atoms with van der Waals surface area (Å²) in [6.45, 7) is 1.83. The van der Waals surface area contributed by atoms with Crippen molar-refractivity contribution in [2.45, 2.75) is 6.92 Å². The van der Waals surface area contributed by atoms with Crippen molar-refractivity contribution < 1.29 is 9.53 Å². The van der Waals surface area contributed by atoms with Gasteiger partial charge in [0.25, 0.3) is 5.91 Å². The Balaban J connectivity index is 2.73. The van der Waals surface area contributed by atoms with Crippen LogP contribution in [0.2, 0.25) is 0 Å². The molecule has 0 unspecified atom stereocenters. The number of aryl methyl sites for hydroxylation is 1. The van der Waals surface area contributed by atoms with Gasteiger partial charge in [0.05, 0.1) is 7.11 Å². The number of aromatic nitrogens is 2. The molecule has 5 heteroatoms. The van der Waals surface area contributed by atoms with Crippen LogP contribution in [0.1, 0.15) is 16.1 Å². The van der Waals surface area contributed by atoms with Crippen molar-refractivity contribution >= 4 is 5.91 Å². The van der Waals surface area contributed by atoms with Gasteiger partial charge in [0, 0.05) is 23.7 Å². The lowest BCUT2D eigenvalue weighted by Crippen LogP contribution is -2.15. The Morgan fingerprint density at radius 3 is 2.56 bits per heavy atom. The molecule has 0 atom stereocenters. The fourth-order valence-electron chi connectivity index (χ4n) is 1.79. The molecule has 0 bridgehead atoms. The van der Waals surface area contributed by atoms with Crippen molar-refractivity contribution in [3.8, 4) is 17.0 Å². The van der Waals surface area contributed by atoms with Gasteiger partial charge in [-0.25, -0.2) is 4.98 Å². The maximum absolute atomic E-state index is 11.6. The van der Waals surface area contributed by atoms with Crippen LogP contribution in [0, 0.1) is 6.92 Å². The first-order valence-electron chi connectivity index (χ1n) is 5.39. The molecule has 1 amide bonds. The van der Waals surface area contributed by atoms with E-state index >= 15 is 0 Å². The van der Waals surface area contributed by atoms with Gasteiger partial charge in [-0.2, -0.15) is 0 Å². The van der Waals surface area contributed by atoms with Crippen molar-refractivity contribution in [1.29, 1.82) is 0 Å². The van der Waals surface area contributed by atoms with E-state index in [1.165, 1.54) is 7.11 Å². The molecule has 0 saturated heterocycles. The predicted octanol–water partition coefficient (Wildman–Crippen LogP) is 1.56. The van der Waals surface area contributed by atoms with Crippen molar-refractivity contribution in [1.82, 2.24) is 9.97 Å². The third-order valence-corrected chi connectivity index (χ3v) is 2.55. The number of nitrogens with two attached hydrogens (primary N) is 1. The molecule has 0 fully saturated rings. The molecule has 2 rings (SSSR count). The monoisotopic (exact) mass is 243 g/mol. The van der Waals surface area contributed by atoms with Crippen LogP contribution < -0.4 is 10.5 Å². The molecule has 2 aromatic heterocycles. The number of rotatable bonds is 3. The van der Waals surface area contributed by atoms with Gasteiger partial charge in [-0.3, -0.25) is 9.78 Å². The summed E-state index contributed by atoms with van der Waals surface area (Å²) < 4.78 is 5.12. The van der Waals surface area contributed by atoms with Gasteiger partial charge in [-0.1, -0.05) is 0 Å². The highest BCUT2D eigenvalue weighted by Gasteiger charge is 2.18. The van der Waals surface area contributed by atoms with Gasteiger partial charge >= 0.3 is 0 Å². The normalized spacial score (nSPS) is 10.1. The maximum Gasteiger partial charge on any atom is 0.254 e. The predicted molar refractivity (Wildman–Crippen MR) is 67.3 cm³/mol. The summed E-state index contributed by atoms with van der Waals surface area (Å²) in [6.07, 6.45) is 3.31. The molecule has 2 N–H and O–H groups in total. The number of methoxy groups -OCH3 is 1. The molecule has 0 aliphatic rings. The molecular weight excluding hydrogens is 230 g/mol. The summed E-state index contributed by atoms with van der Waals surface area (Å²) in [6, 6.07) is 5.42. The molecule has 0 radical (unpaired) electrons. The fraction of sp³-hybridized carbons (Fsp3) is 0.154. The molecule has 0 spiro atoms.